The fourth-order valence-electron chi connectivity index (χ4n) is 1.74. The third kappa shape index (κ3) is 7.33. The van der Waals surface area contributed by atoms with Crippen LogP contribution >= 0.6 is 0 Å². The highest BCUT2D eigenvalue weighted by Crippen LogP contribution is 2.36. The fourth-order valence-corrected chi connectivity index (χ4v) is 2.75. The maximum absolute atomic E-state index is 6.18. The Kier molecular flexibility index (Phi) is 8.03. The molecule has 1 aromatic heterocycles. The molecule has 0 aromatic carbocycles. The van der Waals surface area contributed by atoms with E-state index in [9.17, 15) is 0 Å². The van der Waals surface area contributed by atoms with E-state index in [1.165, 1.54) is 0 Å². The Balaban J connectivity index is 2.24. The van der Waals surface area contributed by atoms with Gasteiger partial charge in [0.1, 0.15) is 5.76 Å². The highest BCUT2D eigenvalue weighted by atomic mass is 28.4. The van der Waals surface area contributed by atoms with Gasteiger partial charge in [0.2, 0.25) is 0 Å². The van der Waals surface area contributed by atoms with Crippen LogP contribution in [0, 0.1) is 0 Å². The van der Waals surface area contributed by atoms with E-state index in [2.05, 4.69) is 46.5 Å². The fraction of sp³-hybridized carbons (Fsp3) is 0.579. The molecule has 0 aliphatic rings. The molecule has 0 aliphatic carbocycles. The van der Waals surface area contributed by atoms with Crippen molar-refractivity contribution in [1.82, 2.24) is 0 Å². The average molecular weight is 337 g/mol. The third-order valence-electron chi connectivity index (χ3n) is 4.39. The maximum atomic E-state index is 6.18. The van der Waals surface area contributed by atoms with E-state index in [1.54, 1.807) is 6.26 Å². The van der Waals surface area contributed by atoms with Crippen LogP contribution in [0.5, 0.6) is 0 Å². The molecule has 0 saturated heterocycles. The molecule has 1 heterocycles. The first kappa shape index (κ1) is 19.9. The summed E-state index contributed by atoms with van der Waals surface area (Å²) >= 11 is 0. The molecule has 4 heteroatoms. The van der Waals surface area contributed by atoms with Crippen molar-refractivity contribution < 1.29 is 13.6 Å². The predicted octanol–water partition coefficient (Wildman–Crippen LogP) is 5.36. The number of furan rings is 1. The van der Waals surface area contributed by atoms with E-state index in [4.69, 9.17) is 13.6 Å². The molecule has 0 aliphatic heterocycles. The standard InChI is InChI=1S/C19H32O3Si/c1-7-17(16-22-23(5,6)19(2,3)4)20-14-10-8-9-12-18-13-11-15-21-18/h7-8,10-11,13,15,17H,1,9,12,14,16H2,2-6H3/b10-8+/t17-/m1/s1. The van der Waals surface area contributed by atoms with E-state index in [0.29, 0.717) is 13.2 Å². The van der Waals surface area contributed by atoms with Gasteiger partial charge in [-0.3, -0.25) is 0 Å². The molecule has 1 rings (SSSR count). The lowest BCUT2D eigenvalue weighted by molar-refractivity contribution is 0.0637. The van der Waals surface area contributed by atoms with Crippen LogP contribution in [0.25, 0.3) is 0 Å². The first-order valence-corrected chi connectivity index (χ1v) is 11.2. The van der Waals surface area contributed by atoms with E-state index >= 15 is 0 Å². The summed E-state index contributed by atoms with van der Waals surface area (Å²) in [6.07, 6.45) is 9.52. The highest BCUT2D eigenvalue weighted by molar-refractivity contribution is 6.74. The van der Waals surface area contributed by atoms with Crippen LogP contribution in [-0.4, -0.2) is 27.6 Å². The smallest absolute Gasteiger partial charge is 0.192 e. The first-order valence-electron chi connectivity index (χ1n) is 8.32. The van der Waals surface area contributed by atoms with Crippen molar-refractivity contribution in [1.29, 1.82) is 0 Å². The number of hydrogen-bond acceptors (Lipinski definition) is 3. The molecule has 0 radical (unpaired) electrons. The summed E-state index contributed by atoms with van der Waals surface area (Å²) in [5.74, 6) is 1.02. The van der Waals surface area contributed by atoms with Gasteiger partial charge in [0.25, 0.3) is 0 Å². The zero-order valence-corrected chi connectivity index (χ0v) is 16.3. The SMILES string of the molecule is C=C[C@H](CO[Si](C)(C)C(C)(C)C)OC/C=C/CCc1ccco1. The molecular formula is C19H32O3Si. The van der Waals surface area contributed by atoms with Crippen molar-refractivity contribution in [3.63, 3.8) is 0 Å². The second kappa shape index (κ2) is 9.26. The number of aryl methyl sites for hydroxylation is 1. The van der Waals surface area contributed by atoms with Gasteiger partial charge in [-0.2, -0.15) is 0 Å². The lowest BCUT2D eigenvalue weighted by Crippen LogP contribution is -2.42. The number of hydrogen-bond donors (Lipinski definition) is 0. The third-order valence-corrected chi connectivity index (χ3v) is 8.89. The Morgan fingerprint density at radius 2 is 2.04 bits per heavy atom. The molecular weight excluding hydrogens is 304 g/mol. The Morgan fingerprint density at radius 3 is 2.61 bits per heavy atom. The lowest BCUT2D eigenvalue weighted by atomic mass is 10.2. The van der Waals surface area contributed by atoms with Crippen LogP contribution in [-0.2, 0) is 15.6 Å². The van der Waals surface area contributed by atoms with Gasteiger partial charge in [-0.25, -0.2) is 0 Å². The minimum Gasteiger partial charge on any atom is -0.469 e. The minimum absolute atomic E-state index is 0.0566. The van der Waals surface area contributed by atoms with Crippen LogP contribution in [0.4, 0.5) is 0 Å². The maximum Gasteiger partial charge on any atom is 0.192 e. The Hall–Kier alpha value is -1.10. The summed E-state index contributed by atoms with van der Waals surface area (Å²) in [5.41, 5.74) is 0. The number of allylic oxidation sites excluding steroid dienone is 1. The molecule has 0 spiro atoms. The Bertz CT molecular complexity index is 469. The molecule has 0 unspecified atom stereocenters. The van der Waals surface area contributed by atoms with Gasteiger partial charge in [-0.1, -0.05) is 39.0 Å². The van der Waals surface area contributed by atoms with Crippen molar-refractivity contribution in [3.8, 4) is 0 Å². The second-order valence-corrected chi connectivity index (χ2v) is 12.1. The van der Waals surface area contributed by atoms with Crippen LogP contribution in [0.2, 0.25) is 18.1 Å². The molecule has 3 nitrogen and oxygen atoms in total. The molecule has 0 amide bonds. The summed E-state index contributed by atoms with van der Waals surface area (Å²) in [5, 5.41) is 0.213. The Morgan fingerprint density at radius 1 is 1.30 bits per heavy atom. The van der Waals surface area contributed by atoms with Crippen molar-refractivity contribution in [2.75, 3.05) is 13.2 Å². The summed E-state index contributed by atoms with van der Waals surface area (Å²) in [4.78, 5) is 0. The van der Waals surface area contributed by atoms with Gasteiger partial charge < -0.3 is 13.6 Å². The van der Waals surface area contributed by atoms with Crippen LogP contribution in [0.1, 0.15) is 33.0 Å². The molecule has 23 heavy (non-hydrogen) atoms. The highest BCUT2D eigenvalue weighted by Gasteiger charge is 2.37. The quantitative estimate of drug-likeness (QED) is 0.426. The van der Waals surface area contributed by atoms with Gasteiger partial charge >= 0.3 is 0 Å². The summed E-state index contributed by atoms with van der Waals surface area (Å²) in [7, 11) is -1.73. The second-order valence-electron chi connectivity index (χ2n) is 7.27. The molecule has 0 N–H and O–H groups in total. The predicted molar refractivity (Wildman–Crippen MR) is 99.3 cm³/mol. The van der Waals surface area contributed by atoms with E-state index < -0.39 is 8.32 Å². The largest absolute Gasteiger partial charge is 0.469 e. The van der Waals surface area contributed by atoms with Gasteiger partial charge in [-0.15, -0.1) is 6.58 Å². The van der Waals surface area contributed by atoms with E-state index in [-0.39, 0.29) is 11.1 Å². The zero-order valence-electron chi connectivity index (χ0n) is 15.3. The Labute approximate surface area is 142 Å². The molecule has 1 aromatic rings. The van der Waals surface area contributed by atoms with Gasteiger partial charge in [0, 0.05) is 6.42 Å². The van der Waals surface area contributed by atoms with Crippen molar-refractivity contribution >= 4 is 8.32 Å². The van der Waals surface area contributed by atoms with Crippen molar-refractivity contribution in [3.05, 3.63) is 49.0 Å². The van der Waals surface area contributed by atoms with Crippen molar-refractivity contribution in [2.24, 2.45) is 0 Å². The molecule has 0 saturated carbocycles. The average Bonchev–Trinajstić information content (AvgIpc) is 2.97. The van der Waals surface area contributed by atoms with Crippen LogP contribution in [0.3, 0.4) is 0 Å². The summed E-state index contributed by atoms with van der Waals surface area (Å²) in [6.45, 7) is 16.2. The van der Waals surface area contributed by atoms with Gasteiger partial charge in [0.15, 0.2) is 8.32 Å². The van der Waals surface area contributed by atoms with E-state index in [1.807, 2.05) is 24.3 Å². The van der Waals surface area contributed by atoms with Gasteiger partial charge in [0.05, 0.1) is 25.6 Å². The number of rotatable bonds is 10. The monoisotopic (exact) mass is 336 g/mol. The minimum atomic E-state index is -1.73. The molecule has 130 valence electrons. The van der Waals surface area contributed by atoms with E-state index in [0.717, 1.165) is 18.6 Å². The zero-order chi connectivity index (χ0) is 17.3. The molecule has 0 fully saturated rings. The van der Waals surface area contributed by atoms with Crippen LogP contribution in [0.15, 0.2) is 47.6 Å². The topological polar surface area (TPSA) is 31.6 Å². The number of ether oxygens (including phenoxy) is 1. The van der Waals surface area contributed by atoms with Crippen molar-refractivity contribution in [2.45, 2.75) is 57.8 Å². The summed E-state index contributed by atoms with van der Waals surface area (Å²) < 4.78 is 17.3. The molecule has 1 atom stereocenters. The normalized spacial score (nSPS) is 14.3. The van der Waals surface area contributed by atoms with Crippen LogP contribution < -0.4 is 0 Å². The van der Waals surface area contributed by atoms with Gasteiger partial charge in [-0.05, 0) is 36.7 Å². The lowest BCUT2D eigenvalue weighted by Gasteiger charge is -2.36. The summed E-state index contributed by atoms with van der Waals surface area (Å²) in [6, 6.07) is 3.91. The first-order chi connectivity index (χ1) is 10.8. The molecule has 0 bridgehead atoms.